The fraction of sp³-hybridized carbons (Fsp3) is 0.385. The molecule has 1 aliphatic carbocycles. The molecule has 2 N–H and O–H groups in total. The summed E-state index contributed by atoms with van der Waals surface area (Å²) < 4.78 is 27.4. The molecule has 1 saturated carbocycles. The number of benzene rings is 2. The van der Waals surface area contributed by atoms with Crippen LogP contribution in [0.15, 0.2) is 60.0 Å². The summed E-state index contributed by atoms with van der Waals surface area (Å²) in [5.74, 6) is 2.46. The number of rotatable bonds is 9. The Balaban J connectivity index is 1.25. The van der Waals surface area contributed by atoms with Crippen molar-refractivity contribution in [3.63, 3.8) is 0 Å². The van der Waals surface area contributed by atoms with Crippen molar-refractivity contribution >= 4 is 38.8 Å². The predicted octanol–water partition coefficient (Wildman–Crippen LogP) is 4.50. The zero-order valence-electron chi connectivity index (χ0n) is 19.8. The van der Waals surface area contributed by atoms with Gasteiger partial charge in [0, 0.05) is 38.0 Å². The first-order chi connectivity index (χ1) is 16.4. The Kier molecular flexibility index (Phi) is 7.80. The lowest BCUT2D eigenvalue weighted by Gasteiger charge is -2.28. The number of anilines is 2. The lowest BCUT2D eigenvalue weighted by molar-refractivity contribution is 0.284. The van der Waals surface area contributed by atoms with Crippen LogP contribution < -0.4 is 14.9 Å². The number of hydrogen-bond acceptors (Lipinski definition) is 6. The van der Waals surface area contributed by atoms with Crippen LogP contribution in [0.25, 0.3) is 17.0 Å². The maximum atomic E-state index is 12.3. The van der Waals surface area contributed by atoms with Crippen molar-refractivity contribution in [1.82, 2.24) is 14.7 Å². The van der Waals surface area contributed by atoms with E-state index in [2.05, 4.69) is 15.0 Å². The van der Waals surface area contributed by atoms with E-state index in [1.807, 2.05) is 73.6 Å². The maximum absolute atomic E-state index is 12.3. The first kappa shape index (κ1) is 24.2. The molecule has 0 radical (unpaired) electrons. The van der Waals surface area contributed by atoms with Crippen LogP contribution in [-0.4, -0.2) is 45.6 Å². The van der Waals surface area contributed by atoms with Crippen LogP contribution in [0, 0.1) is 11.8 Å². The fourth-order valence-electron chi connectivity index (χ4n) is 4.37. The maximum Gasteiger partial charge on any atom is 0.233 e. The van der Waals surface area contributed by atoms with Crippen LogP contribution in [0.4, 0.5) is 11.8 Å². The molecular formula is C26H33N5O2S. The second-order valence-corrected chi connectivity index (χ2v) is 10.8. The highest BCUT2D eigenvalue weighted by Gasteiger charge is 2.22. The summed E-state index contributed by atoms with van der Waals surface area (Å²) in [5, 5.41) is 5.73. The Bertz CT molecular complexity index is 1220. The van der Waals surface area contributed by atoms with Crippen LogP contribution in [0.1, 0.15) is 31.2 Å². The molecule has 7 nitrogen and oxygen atoms in total. The summed E-state index contributed by atoms with van der Waals surface area (Å²) in [5.41, 5.74) is 1.80. The molecule has 180 valence electrons. The summed E-state index contributed by atoms with van der Waals surface area (Å²) in [7, 11) is 0.552. The van der Waals surface area contributed by atoms with Gasteiger partial charge in [0.05, 0.1) is 5.52 Å². The van der Waals surface area contributed by atoms with Gasteiger partial charge in [-0.05, 0) is 61.3 Å². The van der Waals surface area contributed by atoms with Crippen molar-refractivity contribution in [3.05, 3.63) is 65.6 Å². The number of fused-ring (bicyclic) bond motifs is 1. The van der Waals surface area contributed by atoms with E-state index in [1.54, 1.807) is 6.08 Å². The van der Waals surface area contributed by atoms with E-state index >= 15 is 0 Å². The Morgan fingerprint density at radius 3 is 2.26 bits per heavy atom. The third-order valence-electron chi connectivity index (χ3n) is 6.33. The summed E-state index contributed by atoms with van der Waals surface area (Å²) in [4.78, 5) is 11.4. The molecule has 1 aliphatic rings. The summed E-state index contributed by atoms with van der Waals surface area (Å²) >= 11 is 0. The van der Waals surface area contributed by atoms with Gasteiger partial charge in [0.1, 0.15) is 5.82 Å². The fourth-order valence-corrected chi connectivity index (χ4v) is 5.27. The van der Waals surface area contributed by atoms with Crippen molar-refractivity contribution in [2.45, 2.75) is 25.7 Å². The SMILES string of the molecule is CN(C)c1nc(NC[C@H]2CC[C@H](CNS(=O)(=O)/C=C/c3ccccc3)CC2)nc2ccccc12. The predicted molar refractivity (Wildman–Crippen MR) is 140 cm³/mol. The molecule has 4 rings (SSSR count). The van der Waals surface area contributed by atoms with Gasteiger partial charge in [0.15, 0.2) is 0 Å². The molecule has 0 aliphatic heterocycles. The monoisotopic (exact) mass is 479 g/mol. The number of hydrogen-bond donors (Lipinski definition) is 2. The molecule has 0 amide bonds. The molecule has 8 heteroatoms. The van der Waals surface area contributed by atoms with Gasteiger partial charge >= 0.3 is 0 Å². The van der Waals surface area contributed by atoms with Crippen molar-refractivity contribution in [1.29, 1.82) is 0 Å². The topological polar surface area (TPSA) is 87.2 Å². The summed E-state index contributed by atoms with van der Waals surface area (Å²) in [6.45, 7) is 1.31. The highest BCUT2D eigenvalue weighted by Crippen LogP contribution is 2.29. The van der Waals surface area contributed by atoms with Gasteiger partial charge in [-0.25, -0.2) is 18.1 Å². The first-order valence-corrected chi connectivity index (χ1v) is 13.3. The van der Waals surface area contributed by atoms with Gasteiger partial charge < -0.3 is 10.2 Å². The molecule has 2 aromatic carbocycles. The van der Waals surface area contributed by atoms with Crippen LogP contribution in [-0.2, 0) is 10.0 Å². The third kappa shape index (κ3) is 6.55. The molecule has 0 unspecified atom stereocenters. The van der Waals surface area contributed by atoms with Gasteiger partial charge in [-0.15, -0.1) is 0 Å². The lowest BCUT2D eigenvalue weighted by Crippen LogP contribution is -2.31. The van der Waals surface area contributed by atoms with Crippen molar-refractivity contribution < 1.29 is 8.42 Å². The average Bonchev–Trinajstić information content (AvgIpc) is 2.86. The third-order valence-corrected chi connectivity index (χ3v) is 7.40. The van der Waals surface area contributed by atoms with Crippen LogP contribution in [0.5, 0.6) is 0 Å². The van der Waals surface area contributed by atoms with Gasteiger partial charge in [0.2, 0.25) is 16.0 Å². The molecule has 3 aromatic rings. The molecule has 0 bridgehead atoms. The van der Waals surface area contributed by atoms with Crippen LogP contribution in [0.3, 0.4) is 0 Å². The zero-order valence-corrected chi connectivity index (χ0v) is 20.6. The minimum atomic E-state index is -3.43. The second-order valence-electron chi connectivity index (χ2n) is 9.16. The summed E-state index contributed by atoms with van der Waals surface area (Å²) in [6, 6.07) is 17.5. The number of nitrogens with one attached hydrogen (secondary N) is 2. The standard InChI is InChI=1S/C26H33N5O2S/c1-31(2)25-23-10-6-7-11-24(23)29-26(30-25)27-18-21-12-14-22(15-13-21)19-28-34(32,33)17-16-20-8-4-3-5-9-20/h3-11,16-17,21-22,28H,12-15,18-19H2,1-2H3,(H,27,29,30)/b17-16+/t21-,22-. The molecule has 0 atom stereocenters. The van der Waals surface area contributed by atoms with E-state index in [0.717, 1.165) is 54.5 Å². The number of para-hydroxylation sites is 1. The molecular weight excluding hydrogens is 446 g/mol. The largest absolute Gasteiger partial charge is 0.362 e. The minimum Gasteiger partial charge on any atom is -0.362 e. The Hall–Kier alpha value is -2.97. The van der Waals surface area contributed by atoms with Crippen molar-refractivity contribution in [2.24, 2.45) is 11.8 Å². The van der Waals surface area contributed by atoms with E-state index in [4.69, 9.17) is 4.98 Å². The van der Waals surface area contributed by atoms with Crippen molar-refractivity contribution in [3.8, 4) is 0 Å². The van der Waals surface area contributed by atoms with E-state index in [0.29, 0.717) is 24.3 Å². The molecule has 1 heterocycles. The van der Waals surface area contributed by atoms with Gasteiger partial charge in [-0.2, -0.15) is 4.98 Å². The highest BCUT2D eigenvalue weighted by molar-refractivity contribution is 7.92. The van der Waals surface area contributed by atoms with Gasteiger partial charge in [0.25, 0.3) is 0 Å². The minimum absolute atomic E-state index is 0.369. The molecule has 34 heavy (non-hydrogen) atoms. The number of sulfonamides is 1. The van der Waals surface area contributed by atoms with Gasteiger partial charge in [-0.1, -0.05) is 42.5 Å². The van der Waals surface area contributed by atoms with Crippen LogP contribution >= 0.6 is 0 Å². The van der Waals surface area contributed by atoms with E-state index in [-0.39, 0.29) is 0 Å². The second kappa shape index (κ2) is 11.0. The zero-order chi connectivity index (χ0) is 24.0. The van der Waals surface area contributed by atoms with Gasteiger partial charge in [-0.3, -0.25) is 0 Å². The molecule has 1 aromatic heterocycles. The normalized spacial score (nSPS) is 18.9. The first-order valence-electron chi connectivity index (χ1n) is 11.8. The summed E-state index contributed by atoms with van der Waals surface area (Å²) in [6.07, 6.45) is 5.78. The quantitative estimate of drug-likeness (QED) is 0.470. The average molecular weight is 480 g/mol. The van der Waals surface area contributed by atoms with Crippen LogP contribution in [0.2, 0.25) is 0 Å². The highest BCUT2D eigenvalue weighted by atomic mass is 32.2. The van der Waals surface area contributed by atoms with Crippen molar-refractivity contribution in [2.75, 3.05) is 37.4 Å². The molecule has 0 spiro atoms. The number of nitrogens with zero attached hydrogens (tertiary/aromatic N) is 3. The van der Waals surface area contributed by atoms with E-state index in [1.165, 1.54) is 5.41 Å². The number of aromatic nitrogens is 2. The molecule has 0 saturated heterocycles. The van der Waals surface area contributed by atoms with E-state index in [9.17, 15) is 8.42 Å². The molecule has 1 fully saturated rings. The Morgan fingerprint density at radius 2 is 1.56 bits per heavy atom. The van der Waals surface area contributed by atoms with E-state index < -0.39 is 10.0 Å². The Labute approximate surface area is 202 Å². The Morgan fingerprint density at radius 1 is 0.912 bits per heavy atom. The smallest absolute Gasteiger partial charge is 0.233 e. The lowest BCUT2D eigenvalue weighted by atomic mass is 9.82.